The minimum Gasteiger partial charge on any atom is -0.388 e. The highest BCUT2D eigenvalue weighted by Gasteiger charge is 2.43. The number of aromatic amines is 1. The van der Waals surface area contributed by atoms with Crippen molar-refractivity contribution in [3.63, 3.8) is 0 Å². The maximum atomic E-state index is 14.4. The van der Waals surface area contributed by atoms with Gasteiger partial charge in [0.15, 0.2) is 0 Å². The van der Waals surface area contributed by atoms with Crippen molar-refractivity contribution < 1.29 is 26.7 Å². The van der Waals surface area contributed by atoms with Crippen molar-refractivity contribution in [1.82, 2.24) is 24.2 Å². The van der Waals surface area contributed by atoms with Crippen molar-refractivity contribution in [3.8, 4) is 11.1 Å². The average molecular weight is 678 g/mol. The van der Waals surface area contributed by atoms with E-state index in [1.54, 1.807) is 35.4 Å². The first-order valence-corrected chi connectivity index (χ1v) is 17.1. The molecule has 250 valence electrons. The van der Waals surface area contributed by atoms with Gasteiger partial charge in [-0.3, -0.25) is 4.90 Å². The van der Waals surface area contributed by atoms with Gasteiger partial charge in [0.2, 0.25) is 16.0 Å². The van der Waals surface area contributed by atoms with Crippen molar-refractivity contribution in [1.29, 1.82) is 0 Å². The lowest BCUT2D eigenvalue weighted by atomic mass is 9.92. The number of β-amino-alcohol motifs (C(OH)–C–C–N with tert-alkyl or cyclic N) is 1. The molecule has 0 unspecified atom stereocenters. The van der Waals surface area contributed by atoms with Gasteiger partial charge in [-0.2, -0.15) is 9.29 Å². The van der Waals surface area contributed by atoms with Crippen LogP contribution in [0, 0.1) is 5.82 Å². The Morgan fingerprint density at radius 1 is 0.917 bits per heavy atom. The number of hydrogen-bond donors (Lipinski definition) is 4. The van der Waals surface area contributed by atoms with Gasteiger partial charge in [-0.25, -0.2) is 26.6 Å². The molecule has 10 nitrogen and oxygen atoms in total. The number of fused-ring (bicyclic) bond motifs is 1. The van der Waals surface area contributed by atoms with Gasteiger partial charge in [0.25, 0.3) is 5.92 Å². The fourth-order valence-corrected chi connectivity index (χ4v) is 7.86. The number of alkyl halides is 2. The largest absolute Gasteiger partial charge is 0.388 e. The van der Waals surface area contributed by atoms with E-state index in [9.17, 15) is 26.7 Å². The third kappa shape index (κ3) is 6.74. The van der Waals surface area contributed by atoms with Crippen LogP contribution >= 0.6 is 0 Å². The van der Waals surface area contributed by atoms with E-state index in [-0.39, 0.29) is 68.6 Å². The van der Waals surface area contributed by atoms with Crippen LogP contribution < -0.4 is 10.6 Å². The van der Waals surface area contributed by atoms with Crippen LogP contribution in [0.5, 0.6) is 0 Å². The van der Waals surface area contributed by atoms with E-state index in [0.29, 0.717) is 22.8 Å². The number of anilines is 4. The van der Waals surface area contributed by atoms with Crippen LogP contribution in [-0.2, 0) is 10.0 Å². The molecule has 2 aromatic heterocycles. The molecule has 3 aromatic carbocycles. The first kappa shape index (κ1) is 32.1. The summed E-state index contributed by atoms with van der Waals surface area (Å²) in [5.74, 6) is -2.40. The van der Waals surface area contributed by atoms with Gasteiger partial charge in [-0.15, -0.1) is 0 Å². The van der Waals surface area contributed by atoms with E-state index in [2.05, 4.69) is 25.6 Å². The van der Waals surface area contributed by atoms with E-state index in [1.165, 1.54) is 28.6 Å². The maximum Gasteiger partial charge on any atom is 0.261 e. The summed E-state index contributed by atoms with van der Waals surface area (Å²) in [6.07, 6.45) is 3.51. The molecule has 0 radical (unpaired) electrons. The summed E-state index contributed by atoms with van der Waals surface area (Å²) in [4.78, 5) is 13.7. The highest BCUT2D eigenvalue weighted by Crippen LogP contribution is 2.36. The number of likely N-dealkylation sites (tertiary alicyclic amines) is 1. The summed E-state index contributed by atoms with van der Waals surface area (Å²) in [6, 6.07) is 20.1. The molecule has 7 rings (SSSR count). The van der Waals surface area contributed by atoms with Gasteiger partial charge < -0.3 is 20.7 Å². The first-order chi connectivity index (χ1) is 23.0. The van der Waals surface area contributed by atoms with Gasteiger partial charge in [0, 0.05) is 78.4 Å². The first-order valence-electron chi connectivity index (χ1n) is 15.6. The smallest absolute Gasteiger partial charge is 0.261 e. The molecular weight excluding hydrogens is 643 g/mol. The van der Waals surface area contributed by atoms with Crippen LogP contribution in [0.1, 0.15) is 19.3 Å². The minimum absolute atomic E-state index is 0.0901. The highest BCUT2D eigenvalue weighted by atomic mass is 32.2. The molecule has 5 aromatic rings. The predicted molar refractivity (Wildman–Crippen MR) is 178 cm³/mol. The SMILES string of the molecule is O=S(=O)(c1ccc(Nc2nccc(Nc3ccc(F)cc3-c3c[nH]c4ccccc34)n2)cc1)N1CCC(O)(CN2CCC(F)(F)C2)CC1. The van der Waals surface area contributed by atoms with Crippen molar-refractivity contribution in [2.75, 3.05) is 43.4 Å². The van der Waals surface area contributed by atoms with Crippen molar-refractivity contribution >= 4 is 44.1 Å². The van der Waals surface area contributed by atoms with Crippen LogP contribution in [0.4, 0.5) is 36.3 Å². The van der Waals surface area contributed by atoms with Crippen LogP contribution in [-0.4, -0.2) is 81.9 Å². The molecule has 0 aliphatic carbocycles. The Morgan fingerprint density at radius 3 is 2.44 bits per heavy atom. The van der Waals surface area contributed by atoms with Crippen LogP contribution in [0.15, 0.2) is 90.1 Å². The standard InChI is InChI=1S/C34H34F3N7O3S/c35-23-5-10-30(27(19-23)28-20-39-29-4-2-1-3-26(28)29)41-31-11-15-38-32(42-31)40-24-6-8-25(9-7-24)48(46,47)44-17-12-33(45,13-18-44)21-43-16-14-34(36,37)22-43/h1-11,15,19-20,39,45H,12-14,16-18,21-22H2,(H2,38,40,41,42). The average Bonchev–Trinajstić information content (AvgIpc) is 3.64. The second-order valence-electron chi connectivity index (χ2n) is 12.4. The summed E-state index contributed by atoms with van der Waals surface area (Å²) >= 11 is 0. The number of aromatic nitrogens is 3. The van der Waals surface area contributed by atoms with Crippen LogP contribution in [0.25, 0.3) is 22.0 Å². The third-order valence-electron chi connectivity index (χ3n) is 8.95. The maximum absolute atomic E-state index is 14.4. The predicted octanol–water partition coefficient (Wildman–Crippen LogP) is 6.11. The fourth-order valence-electron chi connectivity index (χ4n) is 6.42. The number of para-hydroxylation sites is 1. The second-order valence-corrected chi connectivity index (χ2v) is 14.4. The molecule has 4 heterocycles. The van der Waals surface area contributed by atoms with E-state index < -0.39 is 21.5 Å². The van der Waals surface area contributed by atoms with Crippen LogP contribution in [0.3, 0.4) is 0 Å². The zero-order chi connectivity index (χ0) is 33.5. The van der Waals surface area contributed by atoms with E-state index >= 15 is 0 Å². The van der Waals surface area contributed by atoms with E-state index in [0.717, 1.165) is 16.5 Å². The lowest BCUT2D eigenvalue weighted by Crippen LogP contribution is -2.52. The number of nitrogens with one attached hydrogen (secondary N) is 3. The molecule has 14 heteroatoms. The summed E-state index contributed by atoms with van der Waals surface area (Å²) in [5.41, 5.74) is 2.43. The highest BCUT2D eigenvalue weighted by molar-refractivity contribution is 7.89. The molecular formula is C34H34F3N7O3S. The number of H-pyrrole nitrogens is 1. The molecule has 0 amide bonds. The molecule has 0 spiro atoms. The number of rotatable bonds is 9. The lowest BCUT2D eigenvalue weighted by molar-refractivity contribution is -0.0398. The number of aliphatic hydroxyl groups is 1. The zero-order valence-electron chi connectivity index (χ0n) is 25.8. The Kier molecular flexibility index (Phi) is 8.36. The number of sulfonamides is 1. The summed E-state index contributed by atoms with van der Waals surface area (Å²) in [5, 5.41) is 18.3. The van der Waals surface area contributed by atoms with Gasteiger partial charge >= 0.3 is 0 Å². The monoisotopic (exact) mass is 677 g/mol. The second kappa shape index (κ2) is 12.5. The fraction of sp³-hybridized carbons (Fsp3) is 0.294. The van der Waals surface area contributed by atoms with Gasteiger partial charge in [-0.05, 0) is 67.4 Å². The molecule has 0 bridgehead atoms. The number of piperidine rings is 1. The Labute approximate surface area is 275 Å². The summed E-state index contributed by atoms with van der Waals surface area (Å²) in [7, 11) is -3.84. The Hall–Kier alpha value is -4.50. The topological polar surface area (TPSA) is 126 Å². The molecule has 2 aliphatic rings. The molecule has 2 saturated heterocycles. The summed E-state index contributed by atoms with van der Waals surface area (Å²) in [6.45, 7) is 0.111. The number of nitrogens with zero attached hydrogens (tertiary/aromatic N) is 4. The molecule has 4 N–H and O–H groups in total. The van der Waals surface area contributed by atoms with Gasteiger partial charge in [0.1, 0.15) is 11.6 Å². The number of benzene rings is 3. The Balaban J connectivity index is 1.01. The minimum atomic E-state index is -3.84. The van der Waals surface area contributed by atoms with Crippen LogP contribution in [0.2, 0.25) is 0 Å². The van der Waals surface area contributed by atoms with Gasteiger partial charge in [-0.1, -0.05) is 18.2 Å². The molecule has 2 aliphatic heterocycles. The molecule has 0 atom stereocenters. The Morgan fingerprint density at radius 2 is 1.69 bits per heavy atom. The third-order valence-corrected chi connectivity index (χ3v) is 10.9. The van der Waals surface area contributed by atoms with Gasteiger partial charge in [0.05, 0.1) is 17.0 Å². The van der Waals surface area contributed by atoms with E-state index in [1.807, 2.05) is 30.5 Å². The van der Waals surface area contributed by atoms with Crippen molar-refractivity contribution in [2.45, 2.75) is 35.7 Å². The molecule has 0 saturated carbocycles. The molecule has 2 fully saturated rings. The lowest BCUT2D eigenvalue weighted by Gasteiger charge is -2.39. The Bertz CT molecular complexity index is 2050. The summed E-state index contributed by atoms with van der Waals surface area (Å²) < 4.78 is 69.6. The van der Waals surface area contributed by atoms with E-state index in [4.69, 9.17) is 0 Å². The number of hydrogen-bond acceptors (Lipinski definition) is 8. The number of halogens is 3. The molecule has 48 heavy (non-hydrogen) atoms. The normalized spacial score (nSPS) is 18.2. The quantitative estimate of drug-likeness (QED) is 0.147. The zero-order valence-corrected chi connectivity index (χ0v) is 26.7. The van der Waals surface area contributed by atoms with Crippen molar-refractivity contribution in [2.24, 2.45) is 0 Å². The van der Waals surface area contributed by atoms with Crippen molar-refractivity contribution in [3.05, 3.63) is 91.0 Å².